The van der Waals surface area contributed by atoms with E-state index in [0.29, 0.717) is 28.1 Å². The summed E-state index contributed by atoms with van der Waals surface area (Å²) in [5, 5.41) is 7.13. The zero-order valence-corrected chi connectivity index (χ0v) is 21.3. The molecule has 3 N–H and O–H groups in total. The monoisotopic (exact) mass is 540 g/mol. The van der Waals surface area contributed by atoms with Crippen LogP contribution in [0.5, 0.6) is 11.8 Å². The van der Waals surface area contributed by atoms with E-state index >= 15 is 8.78 Å². The van der Waals surface area contributed by atoms with Gasteiger partial charge in [0.2, 0.25) is 11.9 Å². The quantitative estimate of drug-likeness (QED) is 0.264. The zero-order chi connectivity index (χ0) is 28.2. The lowest BCUT2D eigenvalue weighted by Crippen LogP contribution is -2.05. The Labute approximate surface area is 227 Å². The maximum absolute atomic E-state index is 15.4. The van der Waals surface area contributed by atoms with Gasteiger partial charge in [0, 0.05) is 48.5 Å². The number of nitrogens with zero attached hydrogens (tertiary/aromatic N) is 6. The summed E-state index contributed by atoms with van der Waals surface area (Å²) in [6, 6.07) is 10.3. The molecular weight excluding hydrogens is 518 g/mol. The maximum atomic E-state index is 15.4. The number of carbonyl (C=O) groups excluding carboxylic acids is 1. The van der Waals surface area contributed by atoms with Crippen molar-refractivity contribution in [3.05, 3.63) is 96.2 Å². The van der Waals surface area contributed by atoms with Crippen molar-refractivity contribution >= 4 is 23.6 Å². The largest absolute Gasteiger partial charge is 0.421 e. The van der Waals surface area contributed by atoms with Gasteiger partial charge in [-0.15, -0.1) is 0 Å². The first-order valence-corrected chi connectivity index (χ1v) is 11.9. The van der Waals surface area contributed by atoms with E-state index in [1.807, 2.05) is 0 Å². The number of aromatic nitrogens is 6. The number of rotatable bonds is 8. The van der Waals surface area contributed by atoms with Gasteiger partial charge in [-0.25, -0.2) is 28.7 Å². The Morgan fingerprint density at radius 3 is 2.58 bits per heavy atom. The minimum Gasteiger partial charge on any atom is -0.421 e. The number of primary amides is 1. The molecule has 40 heavy (non-hydrogen) atoms. The van der Waals surface area contributed by atoms with E-state index in [4.69, 9.17) is 10.5 Å². The number of halogens is 2. The first kappa shape index (κ1) is 26.1. The maximum Gasteiger partial charge on any atom is 0.322 e. The summed E-state index contributed by atoms with van der Waals surface area (Å²) in [4.78, 5) is 28.1. The van der Waals surface area contributed by atoms with Crippen LogP contribution >= 0.6 is 0 Å². The second-order valence-corrected chi connectivity index (χ2v) is 8.69. The van der Waals surface area contributed by atoms with Gasteiger partial charge in [-0.2, -0.15) is 5.10 Å². The Hall–Kier alpha value is -5.52. The minimum atomic E-state index is -0.682. The highest BCUT2D eigenvalue weighted by Gasteiger charge is 2.18. The standard InChI is InChI=1S/C28H22F2N8O2/c1-16-9-10-32-28(35-16)40-24-7-5-18(12-23(24)30)21-14-33-27(36-19-13-34-38(2)15-19)37-26(21)20-6-3-17(11-22(20)29)4-8-25(31)39/h3-15H,1-2H3,(H2,31,39)(H,33,36,37). The number of anilines is 2. The van der Waals surface area contributed by atoms with Crippen molar-refractivity contribution in [2.45, 2.75) is 6.92 Å². The summed E-state index contributed by atoms with van der Waals surface area (Å²) < 4.78 is 37.6. The van der Waals surface area contributed by atoms with Crippen LogP contribution in [-0.2, 0) is 11.8 Å². The molecule has 10 nitrogen and oxygen atoms in total. The van der Waals surface area contributed by atoms with E-state index in [1.165, 1.54) is 42.7 Å². The summed E-state index contributed by atoms with van der Waals surface area (Å²) in [6.07, 6.45) is 8.83. The molecular formula is C28H22F2N8O2. The van der Waals surface area contributed by atoms with Gasteiger partial charge in [-0.3, -0.25) is 9.48 Å². The lowest BCUT2D eigenvalue weighted by molar-refractivity contribution is -0.113. The highest BCUT2D eigenvalue weighted by molar-refractivity contribution is 5.90. The molecule has 0 unspecified atom stereocenters. The van der Waals surface area contributed by atoms with E-state index in [2.05, 4.69) is 30.4 Å². The lowest BCUT2D eigenvalue weighted by Gasteiger charge is -2.13. The van der Waals surface area contributed by atoms with Crippen molar-refractivity contribution in [2.24, 2.45) is 12.8 Å². The zero-order valence-electron chi connectivity index (χ0n) is 21.3. The van der Waals surface area contributed by atoms with Crippen LogP contribution in [0, 0.1) is 18.6 Å². The Bertz CT molecular complexity index is 1750. The second kappa shape index (κ2) is 11.1. The molecule has 0 bridgehead atoms. The number of nitrogens with one attached hydrogen (secondary N) is 1. The molecule has 5 aromatic rings. The van der Waals surface area contributed by atoms with Gasteiger partial charge >= 0.3 is 6.01 Å². The molecule has 3 heterocycles. The number of ether oxygens (including phenoxy) is 1. The summed E-state index contributed by atoms with van der Waals surface area (Å²) in [5.74, 6) is -1.85. The van der Waals surface area contributed by atoms with Crippen LogP contribution in [0.2, 0.25) is 0 Å². The van der Waals surface area contributed by atoms with Crippen LogP contribution in [0.4, 0.5) is 20.4 Å². The van der Waals surface area contributed by atoms with E-state index in [0.717, 1.165) is 6.08 Å². The van der Waals surface area contributed by atoms with Crippen molar-refractivity contribution in [3.8, 4) is 34.1 Å². The molecule has 0 saturated heterocycles. The third-order valence-electron chi connectivity index (χ3n) is 5.65. The third-order valence-corrected chi connectivity index (χ3v) is 5.65. The van der Waals surface area contributed by atoms with E-state index in [1.54, 1.807) is 49.2 Å². The van der Waals surface area contributed by atoms with E-state index < -0.39 is 17.5 Å². The van der Waals surface area contributed by atoms with Crippen LogP contribution in [0.3, 0.4) is 0 Å². The highest BCUT2D eigenvalue weighted by Crippen LogP contribution is 2.35. The highest BCUT2D eigenvalue weighted by atomic mass is 19.1. The summed E-state index contributed by atoms with van der Waals surface area (Å²) in [6.45, 7) is 1.77. The molecule has 5 rings (SSSR count). The molecule has 2 aromatic carbocycles. The first-order chi connectivity index (χ1) is 19.2. The normalized spacial score (nSPS) is 11.1. The number of aryl methyl sites for hydroxylation is 2. The summed E-state index contributed by atoms with van der Waals surface area (Å²) in [5.41, 5.74) is 7.96. The molecule has 0 spiro atoms. The molecule has 0 atom stereocenters. The van der Waals surface area contributed by atoms with Gasteiger partial charge in [-0.1, -0.05) is 12.1 Å². The Balaban J connectivity index is 1.55. The third kappa shape index (κ3) is 5.96. The van der Waals surface area contributed by atoms with E-state index in [-0.39, 0.29) is 29.0 Å². The Morgan fingerprint density at radius 2 is 1.88 bits per heavy atom. The number of carbonyl (C=O) groups is 1. The van der Waals surface area contributed by atoms with Crippen LogP contribution in [0.1, 0.15) is 11.3 Å². The molecule has 12 heteroatoms. The van der Waals surface area contributed by atoms with Crippen LogP contribution in [0.25, 0.3) is 28.5 Å². The van der Waals surface area contributed by atoms with Gasteiger partial charge in [0.25, 0.3) is 0 Å². The SMILES string of the molecule is Cc1ccnc(Oc2ccc(-c3cnc(Nc4cnn(C)c4)nc3-c3ccc(C=CC(N)=O)cc3F)cc2F)n1. The molecule has 3 aromatic heterocycles. The fourth-order valence-corrected chi connectivity index (χ4v) is 3.80. The summed E-state index contributed by atoms with van der Waals surface area (Å²) in [7, 11) is 1.76. The molecule has 1 amide bonds. The topological polar surface area (TPSA) is 134 Å². The van der Waals surface area contributed by atoms with Crippen LogP contribution in [0.15, 0.2) is 73.3 Å². The van der Waals surface area contributed by atoms with Crippen molar-refractivity contribution in [2.75, 3.05) is 5.32 Å². The van der Waals surface area contributed by atoms with Crippen molar-refractivity contribution in [3.63, 3.8) is 0 Å². The van der Waals surface area contributed by atoms with E-state index in [9.17, 15) is 4.79 Å². The fourth-order valence-electron chi connectivity index (χ4n) is 3.80. The molecule has 0 aliphatic carbocycles. The predicted molar refractivity (Wildman–Crippen MR) is 144 cm³/mol. The average Bonchev–Trinajstić information content (AvgIpc) is 3.33. The molecule has 200 valence electrons. The fraction of sp³-hybridized carbons (Fsp3) is 0.0714. The molecule has 0 aliphatic rings. The Kier molecular flexibility index (Phi) is 7.22. The summed E-state index contributed by atoms with van der Waals surface area (Å²) >= 11 is 0. The number of hydrogen-bond acceptors (Lipinski definition) is 8. The number of hydrogen-bond donors (Lipinski definition) is 2. The van der Waals surface area contributed by atoms with Crippen molar-refractivity contribution in [1.82, 2.24) is 29.7 Å². The van der Waals surface area contributed by atoms with Crippen molar-refractivity contribution < 1.29 is 18.3 Å². The molecule has 0 aliphatic heterocycles. The Morgan fingerprint density at radius 1 is 1.02 bits per heavy atom. The predicted octanol–water partition coefficient (Wildman–Crippen LogP) is 4.96. The molecule has 0 radical (unpaired) electrons. The van der Waals surface area contributed by atoms with Crippen LogP contribution in [-0.4, -0.2) is 35.6 Å². The number of nitrogens with two attached hydrogens (primary N) is 1. The molecule has 0 fully saturated rings. The average molecular weight is 541 g/mol. The molecule has 0 saturated carbocycles. The smallest absolute Gasteiger partial charge is 0.322 e. The van der Waals surface area contributed by atoms with Crippen molar-refractivity contribution in [1.29, 1.82) is 0 Å². The lowest BCUT2D eigenvalue weighted by atomic mass is 9.99. The van der Waals surface area contributed by atoms with Crippen LogP contribution < -0.4 is 15.8 Å². The second-order valence-electron chi connectivity index (χ2n) is 8.69. The number of amides is 1. The van der Waals surface area contributed by atoms with Gasteiger partial charge in [0.1, 0.15) is 5.82 Å². The van der Waals surface area contributed by atoms with Gasteiger partial charge < -0.3 is 15.8 Å². The van der Waals surface area contributed by atoms with Gasteiger partial charge in [-0.05, 0) is 54.5 Å². The van der Waals surface area contributed by atoms with Gasteiger partial charge in [0.15, 0.2) is 11.6 Å². The first-order valence-electron chi connectivity index (χ1n) is 11.9. The number of benzene rings is 2. The van der Waals surface area contributed by atoms with Gasteiger partial charge in [0.05, 0.1) is 17.6 Å². The minimum absolute atomic E-state index is 0.00838.